The van der Waals surface area contributed by atoms with E-state index in [1.54, 1.807) is 12.1 Å². The Bertz CT molecular complexity index is 505. The molecule has 0 aromatic heterocycles. The third kappa shape index (κ3) is 3.64. The van der Waals surface area contributed by atoms with Gasteiger partial charge in [-0.1, -0.05) is 0 Å². The minimum absolute atomic E-state index is 0.0151. The van der Waals surface area contributed by atoms with Gasteiger partial charge in [-0.25, -0.2) is 0 Å². The number of hydrogen-bond donors (Lipinski definition) is 1. The molecule has 0 amide bonds. The first-order valence-corrected chi connectivity index (χ1v) is 7.44. The van der Waals surface area contributed by atoms with E-state index in [1.165, 1.54) is 6.07 Å². The van der Waals surface area contributed by atoms with Gasteiger partial charge >= 0.3 is 5.69 Å². The zero-order valence-corrected chi connectivity index (χ0v) is 12.6. The van der Waals surface area contributed by atoms with Crippen LogP contribution in [0, 0.1) is 16.0 Å². The van der Waals surface area contributed by atoms with Crippen molar-refractivity contribution in [3.05, 3.63) is 28.3 Å². The Balaban J connectivity index is 2.23. The van der Waals surface area contributed by atoms with Gasteiger partial charge < -0.3 is 15.4 Å². The molecule has 1 aliphatic rings. The summed E-state index contributed by atoms with van der Waals surface area (Å²) in [6.07, 6.45) is 2.23. The van der Waals surface area contributed by atoms with Crippen LogP contribution >= 0.6 is 0 Å². The summed E-state index contributed by atoms with van der Waals surface area (Å²) in [4.78, 5) is 12.9. The highest BCUT2D eigenvalue weighted by atomic mass is 16.6. The Labute approximate surface area is 125 Å². The SMILES string of the molecule is CCOc1cc(N2CCCC(C(C)N)C2)ccc1[N+](=O)[O-]. The van der Waals surface area contributed by atoms with E-state index in [4.69, 9.17) is 10.5 Å². The third-order valence-corrected chi connectivity index (χ3v) is 4.01. The van der Waals surface area contributed by atoms with E-state index in [-0.39, 0.29) is 11.7 Å². The first kappa shape index (κ1) is 15.6. The van der Waals surface area contributed by atoms with E-state index in [0.29, 0.717) is 18.3 Å². The van der Waals surface area contributed by atoms with Gasteiger partial charge in [0.25, 0.3) is 0 Å². The summed E-state index contributed by atoms with van der Waals surface area (Å²) in [5.74, 6) is 0.799. The molecular weight excluding hydrogens is 270 g/mol. The Kier molecular flexibility index (Phi) is 5.01. The molecule has 1 saturated heterocycles. The number of benzene rings is 1. The Morgan fingerprint density at radius 3 is 2.95 bits per heavy atom. The lowest BCUT2D eigenvalue weighted by Gasteiger charge is -2.36. The third-order valence-electron chi connectivity index (χ3n) is 4.01. The number of nitro groups is 1. The molecular formula is C15H23N3O3. The fourth-order valence-corrected chi connectivity index (χ4v) is 2.80. The number of hydrogen-bond acceptors (Lipinski definition) is 5. The van der Waals surface area contributed by atoms with Gasteiger partial charge in [-0.2, -0.15) is 0 Å². The van der Waals surface area contributed by atoms with Gasteiger partial charge in [-0.3, -0.25) is 10.1 Å². The van der Waals surface area contributed by atoms with Crippen molar-refractivity contribution in [2.45, 2.75) is 32.7 Å². The van der Waals surface area contributed by atoms with Gasteiger partial charge in [0.05, 0.1) is 11.5 Å². The number of nitro benzene ring substituents is 1. The summed E-state index contributed by atoms with van der Waals surface area (Å²) in [6.45, 7) is 6.11. The maximum absolute atomic E-state index is 11.0. The molecule has 0 saturated carbocycles. The normalized spacial score (nSPS) is 20.1. The number of ether oxygens (including phenoxy) is 1. The van der Waals surface area contributed by atoms with Crippen molar-refractivity contribution in [1.82, 2.24) is 0 Å². The van der Waals surface area contributed by atoms with Crippen LogP contribution in [-0.4, -0.2) is 30.7 Å². The standard InChI is InChI=1S/C15H23N3O3/c1-3-21-15-9-13(6-7-14(15)18(19)20)17-8-4-5-12(10-17)11(2)16/h6-7,9,11-12H,3-5,8,10,16H2,1-2H3. The molecule has 2 unspecified atom stereocenters. The van der Waals surface area contributed by atoms with E-state index in [0.717, 1.165) is 31.6 Å². The Morgan fingerprint density at radius 2 is 2.33 bits per heavy atom. The zero-order valence-electron chi connectivity index (χ0n) is 12.6. The van der Waals surface area contributed by atoms with Crippen molar-refractivity contribution in [2.24, 2.45) is 11.7 Å². The molecule has 1 fully saturated rings. The number of nitrogens with zero attached hydrogens (tertiary/aromatic N) is 2. The monoisotopic (exact) mass is 293 g/mol. The molecule has 2 atom stereocenters. The van der Waals surface area contributed by atoms with Crippen molar-refractivity contribution in [1.29, 1.82) is 0 Å². The summed E-state index contributed by atoms with van der Waals surface area (Å²) in [6, 6.07) is 5.25. The topological polar surface area (TPSA) is 81.6 Å². The molecule has 1 aromatic rings. The van der Waals surface area contributed by atoms with Crippen LogP contribution in [-0.2, 0) is 0 Å². The van der Waals surface area contributed by atoms with E-state index in [9.17, 15) is 10.1 Å². The second-order valence-corrected chi connectivity index (χ2v) is 5.55. The quantitative estimate of drug-likeness (QED) is 0.666. The molecule has 21 heavy (non-hydrogen) atoms. The van der Waals surface area contributed by atoms with E-state index >= 15 is 0 Å². The van der Waals surface area contributed by atoms with Crippen LogP contribution in [0.1, 0.15) is 26.7 Å². The van der Waals surface area contributed by atoms with Gasteiger partial charge in [-0.15, -0.1) is 0 Å². The predicted octanol–water partition coefficient (Wildman–Crippen LogP) is 2.56. The van der Waals surface area contributed by atoms with Crippen LogP contribution in [0.25, 0.3) is 0 Å². The van der Waals surface area contributed by atoms with Crippen molar-refractivity contribution in [3.63, 3.8) is 0 Å². The van der Waals surface area contributed by atoms with Gasteiger partial charge in [0, 0.05) is 37.0 Å². The van der Waals surface area contributed by atoms with Gasteiger partial charge in [0.2, 0.25) is 0 Å². The largest absolute Gasteiger partial charge is 0.487 e. The minimum atomic E-state index is -0.407. The van der Waals surface area contributed by atoms with Gasteiger partial charge in [0.15, 0.2) is 5.75 Å². The highest BCUT2D eigenvalue weighted by molar-refractivity contribution is 5.59. The van der Waals surface area contributed by atoms with Crippen molar-refractivity contribution >= 4 is 11.4 Å². The molecule has 6 nitrogen and oxygen atoms in total. The Hall–Kier alpha value is -1.82. The minimum Gasteiger partial charge on any atom is -0.487 e. The summed E-state index contributed by atoms with van der Waals surface area (Å²) >= 11 is 0. The molecule has 1 heterocycles. The number of anilines is 1. The lowest BCUT2D eigenvalue weighted by Crippen LogP contribution is -2.42. The zero-order chi connectivity index (χ0) is 15.4. The van der Waals surface area contributed by atoms with Gasteiger partial charge in [0.1, 0.15) is 0 Å². The van der Waals surface area contributed by atoms with E-state index < -0.39 is 4.92 Å². The molecule has 116 valence electrons. The lowest BCUT2D eigenvalue weighted by atomic mass is 9.92. The van der Waals surface area contributed by atoms with E-state index in [1.807, 2.05) is 13.8 Å². The summed E-state index contributed by atoms with van der Waals surface area (Å²) in [7, 11) is 0. The van der Waals surface area contributed by atoms with Crippen LogP contribution in [0.4, 0.5) is 11.4 Å². The summed E-state index contributed by atoms with van der Waals surface area (Å²) in [5, 5.41) is 11.0. The number of piperidine rings is 1. The average Bonchev–Trinajstić information content (AvgIpc) is 2.47. The molecule has 0 spiro atoms. The summed E-state index contributed by atoms with van der Waals surface area (Å²) < 4.78 is 5.41. The van der Waals surface area contributed by atoms with Crippen molar-refractivity contribution in [2.75, 3.05) is 24.6 Å². The molecule has 0 bridgehead atoms. The maximum Gasteiger partial charge on any atom is 0.311 e. The van der Waals surface area contributed by atoms with Crippen LogP contribution in [0.3, 0.4) is 0 Å². The van der Waals surface area contributed by atoms with E-state index in [2.05, 4.69) is 4.90 Å². The average molecular weight is 293 g/mol. The second-order valence-electron chi connectivity index (χ2n) is 5.55. The molecule has 0 aliphatic carbocycles. The van der Waals surface area contributed by atoms with Crippen LogP contribution in [0.5, 0.6) is 5.75 Å². The number of nitrogens with two attached hydrogens (primary N) is 1. The molecule has 0 radical (unpaired) electrons. The van der Waals surface area contributed by atoms with Crippen LogP contribution in [0.15, 0.2) is 18.2 Å². The lowest BCUT2D eigenvalue weighted by molar-refractivity contribution is -0.385. The second kappa shape index (κ2) is 6.76. The number of rotatable bonds is 5. The smallest absolute Gasteiger partial charge is 0.311 e. The fraction of sp³-hybridized carbons (Fsp3) is 0.600. The highest BCUT2D eigenvalue weighted by Gasteiger charge is 2.24. The van der Waals surface area contributed by atoms with Crippen LogP contribution in [0.2, 0.25) is 0 Å². The Morgan fingerprint density at radius 1 is 1.57 bits per heavy atom. The summed E-state index contributed by atoms with van der Waals surface area (Å²) in [5.41, 5.74) is 6.99. The fourth-order valence-electron chi connectivity index (χ4n) is 2.80. The highest BCUT2D eigenvalue weighted by Crippen LogP contribution is 2.33. The van der Waals surface area contributed by atoms with Crippen molar-refractivity contribution < 1.29 is 9.66 Å². The molecule has 2 N–H and O–H groups in total. The van der Waals surface area contributed by atoms with Crippen LogP contribution < -0.4 is 15.4 Å². The molecule has 2 rings (SSSR count). The molecule has 1 aliphatic heterocycles. The maximum atomic E-state index is 11.0. The van der Waals surface area contributed by atoms with Gasteiger partial charge in [-0.05, 0) is 38.7 Å². The predicted molar refractivity (Wildman–Crippen MR) is 82.9 cm³/mol. The first-order valence-electron chi connectivity index (χ1n) is 7.44. The van der Waals surface area contributed by atoms with Crippen molar-refractivity contribution in [3.8, 4) is 5.75 Å². The molecule has 6 heteroatoms. The first-order chi connectivity index (χ1) is 10.0. The molecule has 1 aromatic carbocycles.